The standard InChI is InChI=1S/C20H20ClN5O6S/c1-33(30,31)26(10-18(23)27)16-6-14(5-15(21)7-16)20(29)25-9-13-3-2-12(8-22)4-17(13)32-11-19(24)28/h2-7H,9-11H2,1H3,(H2,23,27)(H2,24,28)(H,25,29). The number of hydrogen-bond acceptors (Lipinski definition) is 7. The molecule has 174 valence electrons. The van der Waals surface area contributed by atoms with Crippen molar-refractivity contribution in [3.05, 3.63) is 58.1 Å². The van der Waals surface area contributed by atoms with Gasteiger partial charge in [0.2, 0.25) is 15.9 Å². The highest BCUT2D eigenvalue weighted by Gasteiger charge is 2.22. The molecule has 0 radical (unpaired) electrons. The summed E-state index contributed by atoms with van der Waals surface area (Å²) in [5.74, 6) is -2.04. The molecule has 11 nitrogen and oxygen atoms in total. The lowest BCUT2D eigenvalue weighted by Gasteiger charge is -2.21. The van der Waals surface area contributed by atoms with Gasteiger partial charge in [-0.25, -0.2) is 8.42 Å². The van der Waals surface area contributed by atoms with Crippen molar-refractivity contribution in [2.75, 3.05) is 23.7 Å². The van der Waals surface area contributed by atoms with Crippen LogP contribution in [-0.4, -0.2) is 45.5 Å². The number of rotatable bonds is 10. The Balaban J connectivity index is 2.29. The van der Waals surface area contributed by atoms with E-state index in [2.05, 4.69) is 5.32 Å². The van der Waals surface area contributed by atoms with Gasteiger partial charge in [0.15, 0.2) is 6.61 Å². The minimum atomic E-state index is -3.89. The molecule has 13 heteroatoms. The van der Waals surface area contributed by atoms with E-state index in [0.717, 1.165) is 10.6 Å². The highest BCUT2D eigenvalue weighted by Crippen LogP contribution is 2.25. The molecule has 0 unspecified atom stereocenters. The van der Waals surface area contributed by atoms with Crippen molar-refractivity contribution in [1.82, 2.24) is 5.32 Å². The quantitative estimate of drug-likeness (QED) is 0.423. The van der Waals surface area contributed by atoms with Gasteiger partial charge >= 0.3 is 0 Å². The Bertz CT molecular complexity index is 1240. The molecule has 0 aliphatic rings. The molecule has 0 atom stereocenters. The molecule has 0 bridgehead atoms. The molecular weight excluding hydrogens is 474 g/mol. The molecule has 2 aromatic carbocycles. The number of halogens is 1. The maximum absolute atomic E-state index is 12.7. The Labute approximate surface area is 194 Å². The predicted octanol–water partition coefficient (Wildman–Crippen LogP) is 0.257. The highest BCUT2D eigenvalue weighted by molar-refractivity contribution is 7.92. The fourth-order valence-electron chi connectivity index (χ4n) is 2.72. The second-order valence-corrected chi connectivity index (χ2v) is 9.15. The number of carbonyl (C=O) groups excluding carboxylic acids is 3. The zero-order valence-electron chi connectivity index (χ0n) is 17.4. The summed E-state index contributed by atoms with van der Waals surface area (Å²) in [6, 6.07) is 10.2. The van der Waals surface area contributed by atoms with Gasteiger partial charge in [-0.3, -0.25) is 18.7 Å². The van der Waals surface area contributed by atoms with Crippen molar-refractivity contribution < 1.29 is 27.5 Å². The van der Waals surface area contributed by atoms with Gasteiger partial charge in [0.25, 0.3) is 11.8 Å². The third kappa shape index (κ3) is 7.37. The van der Waals surface area contributed by atoms with E-state index in [1.54, 1.807) is 0 Å². The number of anilines is 1. The molecular formula is C20H20ClN5O6S. The number of sulfonamides is 1. The topological polar surface area (TPSA) is 186 Å². The Kier molecular flexibility index (Phi) is 8.22. The molecule has 0 fully saturated rings. The number of hydrogen-bond donors (Lipinski definition) is 3. The van der Waals surface area contributed by atoms with E-state index in [4.69, 9.17) is 33.1 Å². The molecule has 2 aromatic rings. The van der Waals surface area contributed by atoms with Gasteiger partial charge in [0, 0.05) is 22.7 Å². The van der Waals surface area contributed by atoms with E-state index in [0.29, 0.717) is 5.56 Å². The van der Waals surface area contributed by atoms with Crippen LogP contribution in [0.15, 0.2) is 36.4 Å². The Morgan fingerprint density at radius 1 is 1.15 bits per heavy atom. The summed E-state index contributed by atoms with van der Waals surface area (Å²) in [5, 5.41) is 11.7. The van der Waals surface area contributed by atoms with Gasteiger partial charge < -0.3 is 21.5 Å². The van der Waals surface area contributed by atoms with Gasteiger partial charge in [-0.2, -0.15) is 5.26 Å². The summed E-state index contributed by atoms with van der Waals surface area (Å²) in [5.41, 5.74) is 11.0. The first-order chi connectivity index (χ1) is 15.4. The maximum Gasteiger partial charge on any atom is 0.255 e. The first-order valence-corrected chi connectivity index (χ1v) is 11.4. The molecule has 2 rings (SSSR count). The number of ether oxygens (including phenoxy) is 1. The molecule has 0 spiro atoms. The summed E-state index contributed by atoms with van der Waals surface area (Å²) < 4.78 is 30.2. The summed E-state index contributed by atoms with van der Waals surface area (Å²) in [6.45, 7) is -1.11. The molecule has 0 aliphatic carbocycles. The molecule has 0 saturated heterocycles. The number of amides is 3. The number of benzene rings is 2. The monoisotopic (exact) mass is 493 g/mol. The van der Waals surface area contributed by atoms with Crippen molar-refractivity contribution in [1.29, 1.82) is 5.26 Å². The minimum Gasteiger partial charge on any atom is -0.483 e. The first kappa shape index (κ1) is 25.4. The average molecular weight is 494 g/mol. The Hall–Kier alpha value is -3.82. The van der Waals surface area contributed by atoms with Gasteiger partial charge in [0.1, 0.15) is 12.3 Å². The minimum absolute atomic E-state index is 0.0159. The SMILES string of the molecule is CS(=O)(=O)N(CC(N)=O)c1cc(Cl)cc(C(=O)NCc2ccc(C#N)cc2OCC(N)=O)c1. The largest absolute Gasteiger partial charge is 0.483 e. The lowest BCUT2D eigenvalue weighted by molar-refractivity contribution is -0.120. The third-order valence-electron chi connectivity index (χ3n) is 4.14. The number of carbonyl (C=O) groups is 3. The number of primary amides is 2. The summed E-state index contributed by atoms with van der Waals surface area (Å²) in [6.07, 6.45) is 0.884. The lowest BCUT2D eigenvalue weighted by atomic mass is 10.1. The molecule has 0 heterocycles. The number of nitriles is 1. The summed E-state index contributed by atoms with van der Waals surface area (Å²) >= 11 is 6.06. The second kappa shape index (κ2) is 10.7. The fraction of sp³-hybridized carbons (Fsp3) is 0.200. The molecule has 0 aliphatic heterocycles. The van der Waals surface area contributed by atoms with Crippen molar-refractivity contribution in [3.63, 3.8) is 0 Å². The van der Waals surface area contributed by atoms with Crippen LogP contribution in [0.3, 0.4) is 0 Å². The molecule has 5 N–H and O–H groups in total. The number of nitrogens with zero attached hydrogens (tertiary/aromatic N) is 2. The van der Waals surface area contributed by atoms with Crippen LogP contribution >= 0.6 is 11.6 Å². The predicted molar refractivity (Wildman–Crippen MR) is 120 cm³/mol. The van der Waals surface area contributed by atoms with E-state index >= 15 is 0 Å². The van der Waals surface area contributed by atoms with Crippen LogP contribution in [-0.2, 0) is 26.2 Å². The first-order valence-electron chi connectivity index (χ1n) is 9.19. The van der Waals surface area contributed by atoms with Gasteiger partial charge in [-0.15, -0.1) is 0 Å². The summed E-state index contributed by atoms with van der Waals surface area (Å²) in [4.78, 5) is 35.0. The highest BCUT2D eigenvalue weighted by atomic mass is 35.5. The van der Waals surface area contributed by atoms with Crippen LogP contribution in [0, 0.1) is 11.3 Å². The van der Waals surface area contributed by atoms with E-state index in [1.165, 1.54) is 36.4 Å². The zero-order chi connectivity index (χ0) is 24.8. The van der Waals surface area contributed by atoms with Crippen LogP contribution in [0.5, 0.6) is 5.75 Å². The van der Waals surface area contributed by atoms with Crippen LogP contribution < -0.4 is 25.8 Å². The molecule has 0 saturated carbocycles. The van der Waals surface area contributed by atoms with E-state index < -0.39 is 40.9 Å². The summed E-state index contributed by atoms with van der Waals surface area (Å²) in [7, 11) is -3.89. The van der Waals surface area contributed by atoms with Crippen LogP contribution in [0.4, 0.5) is 5.69 Å². The second-order valence-electron chi connectivity index (χ2n) is 6.81. The average Bonchev–Trinajstić information content (AvgIpc) is 2.73. The normalized spacial score (nSPS) is 10.7. The van der Waals surface area contributed by atoms with E-state index in [9.17, 15) is 22.8 Å². The molecule has 3 amide bonds. The smallest absolute Gasteiger partial charge is 0.255 e. The van der Waals surface area contributed by atoms with Crippen molar-refractivity contribution in [2.45, 2.75) is 6.54 Å². The number of nitrogens with two attached hydrogens (primary N) is 2. The fourth-order valence-corrected chi connectivity index (χ4v) is 3.80. The van der Waals surface area contributed by atoms with Crippen molar-refractivity contribution in [2.24, 2.45) is 11.5 Å². The van der Waals surface area contributed by atoms with Crippen LogP contribution in [0.2, 0.25) is 5.02 Å². The number of nitrogens with one attached hydrogen (secondary N) is 1. The van der Waals surface area contributed by atoms with Gasteiger partial charge in [-0.05, 0) is 30.3 Å². The van der Waals surface area contributed by atoms with Crippen molar-refractivity contribution >= 4 is 45.0 Å². The van der Waals surface area contributed by atoms with Crippen LogP contribution in [0.25, 0.3) is 0 Å². The zero-order valence-corrected chi connectivity index (χ0v) is 18.9. The van der Waals surface area contributed by atoms with E-state index in [-0.39, 0.29) is 34.1 Å². The third-order valence-corrected chi connectivity index (χ3v) is 5.50. The Morgan fingerprint density at radius 3 is 2.42 bits per heavy atom. The lowest BCUT2D eigenvalue weighted by Crippen LogP contribution is -2.38. The molecule has 33 heavy (non-hydrogen) atoms. The maximum atomic E-state index is 12.7. The van der Waals surface area contributed by atoms with E-state index in [1.807, 2.05) is 6.07 Å². The Morgan fingerprint density at radius 2 is 1.85 bits per heavy atom. The van der Waals surface area contributed by atoms with Gasteiger partial charge in [0.05, 0.1) is 23.6 Å². The molecule has 0 aromatic heterocycles. The van der Waals surface area contributed by atoms with Gasteiger partial charge in [-0.1, -0.05) is 17.7 Å². The van der Waals surface area contributed by atoms with Crippen LogP contribution in [0.1, 0.15) is 21.5 Å². The van der Waals surface area contributed by atoms with Crippen molar-refractivity contribution in [3.8, 4) is 11.8 Å².